The third-order valence-electron chi connectivity index (χ3n) is 4.21. The average Bonchev–Trinajstić information content (AvgIpc) is 2.92. The van der Waals surface area contributed by atoms with E-state index in [9.17, 15) is 35.9 Å². The molecule has 1 rings (SSSR count). The number of rotatable bonds is 5. The zero-order chi connectivity index (χ0) is 19.7. The van der Waals surface area contributed by atoms with E-state index in [2.05, 4.69) is 4.74 Å². The first-order chi connectivity index (χ1) is 11.2. The summed E-state index contributed by atoms with van der Waals surface area (Å²) >= 11 is 0. The first-order valence-electron chi connectivity index (χ1n) is 7.50. The van der Waals surface area contributed by atoms with Crippen LogP contribution in [0, 0.1) is 0 Å². The van der Waals surface area contributed by atoms with Crippen molar-refractivity contribution in [3.8, 4) is 0 Å². The van der Waals surface area contributed by atoms with E-state index in [1.165, 1.54) is 0 Å². The Labute approximate surface area is 139 Å². The van der Waals surface area contributed by atoms with Gasteiger partial charge in [-0.15, -0.1) is 0 Å². The van der Waals surface area contributed by atoms with Crippen LogP contribution >= 0.6 is 0 Å². The molecule has 1 N–H and O–H groups in total. The van der Waals surface area contributed by atoms with Crippen molar-refractivity contribution in [3.05, 3.63) is 0 Å². The van der Waals surface area contributed by atoms with Gasteiger partial charge in [-0.25, -0.2) is 9.59 Å². The normalized spacial score (nSPS) is 19.4. The molecule has 0 aromatic rings. The fourth-order valence-electron chi connectivity index (χ4n) is 2.53. The van der Waals surface area contributed by atoms with Crippen LogP contribution in [0.15, 0.2) is 0 Å². The lowest BCUT2D eigenvalue weighted by Gasteiger charge is -2.32. The largest absolute Gasteiger partial charge is 0.456 e. The van der Waals surface area contributed by atoms with Crippen molar-refractivity contribution in [2.24, 2.45) is 0 Å². The molecular formula is C14H18F6O5. The highest BCUT2D eigenvalue weighted by Gasteiger charge is 2.77. The standard InChI is InChI=1S/C14H18F6O5/c1-3-11(6-4-5-7-11)25-9(21)8(2)24-10(22)12(23,13(15,16)17)14(18,19)20/h8,23H,3-7H2,1-2H3. The Morgan fingerprint density at radius 1 is 1.08 bits per heavy atom. The summed E-state index contributed by atoms with van der Waals surface area (Å²) in [5, 5.41) is 8.89. The molecule has 25 heavy (non-hydrogen) atoms. The number of hydrogen-bond acceptors (Lipinski definition) is 5. The summed E-state index contributed by atoms with van der Waals surface area (Å²) in [7, 11) is 0. The molecule has 1 fully saturated rings. The van der Waals surface area contributed by atoms with E-state index in [0.717, 1.165) is 19.8 Å². The Hall–Kier alpha value is -1.52. The van der Waals surface area contributed by atoms with Gasteiger partial charge in [0.15, 0.2) is 6.10 Å². The molecule has 0 aromatic carbocycles. The van der Waals surface area contributed by atoms with E-state index in [4.69, 9.17) is 9.84 Å². The molecule has 1 aliphatic carbocycles. The summed E-state index contributed by atoms with van der Waals surface area (Å²) in [5.41, 5.74) is -6.60. The Morgan fingerprint density at radius 3 is 1.88 bits per heavy atom. The highest BCUT2D eigenvalue weighted by atomic mass is 19.4. The number of alkyl halides is 6. The number of aliphatic hydroxyl groups is 1. The third-order valence-corrected chi connectivity index (χ3v) is 4.21. The highest BCUT2D eigenvalue weighted by molar-refractivity contribution is 5.85. The molecule has 0 aliphatic heterocycles. The Morgan fingerprint density at radius 2 is 1.52 bits per heavy atom. The van der Waals surface area contributed by atoms with Crippen LogP contribution in [-0.2, 0) is 19.1 Å². The molecule has 0 heterocycles. The molecule has 1 saturated carbocycles. The van der Waals surface area contributed by atoms with E-state index < -0.39 is 41.6 Å². The summed E-state index contributed by atoms with van der Waals surface area (Å²) in [6, 6.07) is 0. The van der Waals surface area contributed by atoms with Crippen molar-refractivity contribution in [2.75, 3.05) is 0 Å². The lowest BCUT2D eigenvalue weighted by atomic mass is 9.99. The topological polar surface area (TPSA) is 72.8 Å². The summed E-state index contributed by atoms with van der Waals surface area (Å²) in [6.07, 6.45) is -11.9. The minimum atomic E-state index is -6.37. The molecule has 1 aliphatic rings. The molecular weight excluding hydrogens is 362 g/mol. The van der Waals surface area contributed by atoms with Crippen LogP contribution in [0.3, 0.4) is 0 Å². The van der Waals surface area contributed by atoms with Gasteiger partial charge in [-0.1, -0.05) is 6.92 Å². The van der Waals surface area contributed by atoms with Crippen molar-refractivity contribution >= 4 is 11.9 Å². The van der Waals surface area contributed by atoms with Crippen LogP contribution in [0.5, 0.6) is 0 Å². The fraction of sp³-hybridized carbons (Fsp3) is 0.857. The summed E-state index contributed by atoms with van der Waals surface area (Å²) in [6.45, 7) is 2.48. The van der Waals surface area contributed by atoms with Crippen molar-refractivity contribution in [3.63, 3.8) is 0 Å². The van der Waals surface area contributed by atoms with Gasteiger partial charge in [0, 0.05) is 0 Å². The highest BCUT2D eigenvalue weighted by Crippen LogP contribution is 2.44. The van der Waals surface area contributed by atoms with Crippen molar-refractivity contribution in [1.29, 1.82) is 0 Å². The number of esters is 2. The van der Waals surface area contributed by atoms with Gasteiger partial charge in [-0.05, 0) is 39.0 Å². The summed E-state index contributed by atoms with van der Waals surface area (Å²) < 4.78 is 84.4. The van der Waals surface area contributed by atoms with E-state index in [1.807, 2.05) is 0 Å². The second kappa shape index (κ2) is 7.00. The van der Waals surface area contributed by atoms with Crippen molar-refractivity contribution < 1.29 is 50.5 Å². The van der Waals surface area contributed by atoms with Crippen molar-refractivity contribution in [2.45, 2.75) is 75.6 Å². The minimum Gasteiger partial charge on any atom is -0.456 e. The first kappa shape index (κ1) is 21.5. The zero-order valence-electron chi connectivity index (χ0n) is 13.5. The summed E-state index contributed by atoms with van der Waals surface area (Å²) in [4.78, 5) is 23.2. The molecule has 146 valence electrons. The third kappa shape index (κ3) is 4.18. The maximum absolute atomic E-state index is 12.6. The van der Waals surface area contributed by atoms with Gasteiger partial charge in [0.2, 0.25) is 0 Å². The minimum absolute atomic E-state index is 0.397. The van der Waals surface area contributed by atoms with Gasteiger partial charge in [0.25, 0.3) is 0 Å². The molecule has 0 radical (unpaired) electrons. The van der Waals surface area contributed by atoms with Gasteiger partial charge in [-0.2, -0.15) is 26.3 Å². The van der Waals surface area contributed by atoms with Crippen LogP contribution in [-0.4, -0.2) is 46.7 Å². The molecule has 0 saturated heterocycles. The Bertz CT molecular complexity index is 493. The van der Waals surface area contributed by atoms with Gasteiger partial charge in [0.05, 0.1) is 0 Å². The van der Waals surface area contributed by atoms with Crippen molar-refractivity contribution in [1.82, 2.24) is 0 Å². The quantitative estimate of drug-likeness (QED) is 0.586. The van der Waals surface area contributed by atoms with Crippen LogP contribution in [0.1, 0.15) is 46.0 Å². The second-order valence-corrected chi connectivity index (χ2v) is 5.92. The lowest BCUT2D eigenvalue weighted by Crippen LogP contribution is -2.63. The zero-order valence-corrected chi connectivity index (χ0v) is 13.5. The van der Waals surface area contributed by atoms with E-state index in [1.54, 1.807) is 6.92 Å². The molecule has 1 unspecified atom stereocenters. The maximum Gasteiger partial charge on any atom is 0.437 e. The number of halogens is 6. The van der Waals surface area contributed by atoms with Crippen LogP contribution in [0.4, 0.5) is 26.3 Å². The number of ether oxygens (including phenoxy) is 2. The Kier molecular flexibility index (Phi) is 6.03. The monoisotopic (exact) mass is 380 g/mol. The molecule has 0 bridgehead atoms. The second-order valence-electron chi connectivity index (χ2n) is 5.92. The fourth-order valence-corrected chi connectivity index (χ4v) is 2.53. The van der Waals surface area contributed by atoms with Gasteiger partial charge >= 0.3 is 29.9 Å². The first-order valence-corrected chi connectivity index (χ1v) is 7.50. The maximum atomic E-state index is 12.6. The molecule has 11 heteroatoms. The number of carbonyl (C=O) groups excluding carboxylic acids is 2. The number of carbonyl (C=O) groups is 2. The van der Waals surface area contributed by atoms with Crippen LogP contribution in [0.2, 0.25) is 0 Å². The Balaban J connectivity index is 2.88. The summed E-state index contributed by atoms with van der Waals surface area (Å²) in [5.74, 6) is -4.31. The van der Waals surface area contributed by atoms with E-state index in [-0.39, 0.29) is 0 Å². The molecule has 0 spiro atoms. The lowest BCUT2D eigenvalue weighted by molar-refractivity contribution is -0.357. The number of hydrogen-bond donors (Lipinski definition) is 1. The average molecular weight is 380 g/mol. The SMILES string of the molecule is CCC1(OC(=O)C(C)OC(=O)C(O)(C(F)(F)F)C(F)(F)F)CCCC1. The van der Waals surface area contributed by atoms with E-state index >= 15 is 0 Å². The molecule has 0 aromatic heterocycles. The van der Waals surface area contributed by atoms with Gasteiger partial charge in [-0.3, -0.25) is 0 Å². The van der Waals surface area contributed by atoms with Crippen LogP contribution in [0.25, 0.3) is 0 Å². The molecule has 5 nitrogen and oxygen atoms in total. The van der Waals surface area contributed by atoms with Crippen LogP contribution < -0.4 is 0 Å². The van der Waals surface area contributed by atoms with Gasteiger partial charge < -0.3 is 14.6 Å². The smallest absolute Gasteiger partial charge is 0.437 e. The van der Waals surface area contributed by atoms with E-state index in [0.29, 0.717) is 19.3 Å². The molecule has 0 amide bonds. The predicted molar refractivity (Wildman–Crippen MR) is 70.2 cm³/mol. The van der Waals surface area contributed by atoms with Gasteiger partial charge in [0.1, 0.15) is 5.60 Å². The molecule has 1 atom stereocenters. The predicted octanol–water partition coefficient (Wildman–Crippen LogP) is 3.04.